The first-order valence-corrected chi connectivity index (χ1v) is 11.7. The van der Waals surface area contributed by atoms with E-state index in [0.29, 0.717) is 45.9 Å². The summed E-state index contributed by atoms with van der Waals surface area (Å²) in [6.45, 7) is 0.440. The predicted octanol–water partition coefficient (Wildman–Crippen LogP) is 4.65. The smallest absolute Gasteiger partial charge is 0.258 e. The molecule has 7 nitrogen and oxygen atoms in total. The van der Waals surface area contributed by atoms with Crippen LogP contribution in [0.2, 0.25) is 0 Å². The maximum Gasteiger partial charge on any atom is 0.258 e. The fourth-order valence-electron chi connectivity index (χ4n) is 4.19. The maximum absolute atomic E-state index is 13.1. The molecule has 7 heteroatoms. The van der Waals surface area contributed by atoms with Crippen LogP contribution in [0, 0.1) is 0 Å². The second-order valence-corrected chi connectivity index (χ2v) is 8.57. The molecule has 0 unspecified atom stereocenters. The predicted molar refractivity (Wildman–Crippen MR) is 145 cm³/mol. The second kappa shape index (κ2) is 10.2. The van der Waals surface area contributed by atoms with Crippen molar-refractivity contribution < 1.29 is 14.4 Å². The Kier molecular flexibility index (Phi) is 6.50. The molecule has 0 bridgehead atoms. The van der Waals surface area contributed by atoms with E-state index in [2.05, 4.69) is 16.0 Å². The van der Waals surface area contributed by atoms with E-state index < -0.39 is 5.91 Å². The van der Waals surface area contributed by atoms with Crippen LogP contribution >= 0.6 is 0 Å². The molecule has 5 N–H and O–H groups in total. The zero-order valence-corrected chi connectivity index (χ0v) is 19.8. The molecule has 37 heavy (non-hydrogen) atoms. The van der Waals surface area contributed by atoms with E-state index in [9.17, 15) is 14.4 Å². The summed E-state index contributed by atoms with van der Waals surface area (Å²) < 4.78 is 0. The van der Waals surface area contributed by atoms with Gasteiger partial charge in [0.25, 0.3) is 11.8 Å². The quantitative estimate of drug-likeness (QED) is 0.284. The SMILES string of the molecule is NC(=O)c1ccc2c(c1)NC(=O)C2=C(Nc1ccc(C(=O)NCc2ccccc2)cc1)c1ccccc1. The average molecular weight is 489 g/mol. The average Bonchev–Trinajstić information content (AvgIpc) is 3.26. The van der Waals surface area contributed by atoms with E-state index >= 15 is 0 Å². The second-order valence-electron chi connectivity index (χ2n) is 8.57. The van der Waals surface area contributed by atoms with Gasteiger partial charge in [-0.25, -0.2) is 0 Å². The van der Waals surface area contributed by atoms with Crippen LogP contribution in [0.15, 0.2) is 103 Å². The summed E-state index contributed by atoms with van der Waals surface area (Å²) in [4.78, 5) is 37.3. The first kappa shape index (κ1) is 23.6. The van der Waals surface area contributed by atoms with Gasteiger partial charge in [0.15, 0.2) is 0 Å². The van der Waals surface area contributed by atoms with Crippen LogP contribution in [-0.4, -0.2) is 17.7 Å². The molecule has 0 aliphatic carbocycles. The van der Waals surface area contributed by atoms with Crippen molar-refractivity contribution in [3.05, 3.63) is 131 Å². The number of primary amides is 1. The monoisotopic (exact) mass is 488 g/mol. The van der Waals surface area contributed by atoms with Crippen LogP contribution < -0.4 is 21.7 Å². The first-order valence-electron chi connectivity index (χ1n) is 11.7. The molecule has 0 saturated carbocycles. The summed E-state index contributed by atoms with van der Waals surface area (Å²) in [5, 5.41) is 9.12. The highest BCUT2D eigenvalue weighted by Crippen LogP contribution is 2.38. The van der Waals surface area contributed by atoms with Crippen LogP contribution in [0.3, 0.4) is 0 Å². The number of carbonyl (C=O) groups is 3. The molecule has 0 fully saturated rings. The van der Waals surface area contributed by atoms with Crippen molar-refractivity contribution in [2.45, 2.75) is 6.54 Å². The van der Waals surface area contributed by atoms with Gasteiger partial charge in [-0.1, -0.05) is 66.7 Å². The fraction of sp³-hybridized carbons (Fsp3) is 0.0333. The Labute approximate surface area is 214 Å². The summed E-state index contributed by atoms with van der Waals surface area (Å²) in [5.41, 5.74) is 11.0. The topological polar surface area (TPSA) is 113 Å². The molecule has 0 radical (unpaired) electrons. The van der Waals surface area contributed by atoms with Gasteiger partial charge in [0, 0.05) is 34.6 Å². The van der Waals surface area contributed by atoms with E-state index in [4.69, 9.17) is 5.73 Å². The van der Waals surface area contributed by atoms with Crippen molar-refractivity contribution in [2.24, 2.45) is 5.73 Å². The minimum atomic E-state index is -0.566. The van der Waals surface area contributed by atoms with Crippen molar-refractivity contribution in [2.75, 3.05) is 10.6 Å². The lowest BCUT2D eigenvalue weighted by atomic mass is 9.99. The zero-order valence-electron chi connectivity index (χ0n) is 19.8. The van der Waals surface area contributed by atoms with Crippen LogP contribution in [0.25, 0.3) is 11.3 Å². The largest absolute Gasteiger partial charge is 0.366 e. The molecule has 1 aliphatic rings. The number of carbonyl (C=O) groups excluding carboxylic acids is 3. The molecule has 1 aliphatic heterocycles. The minimum Gasteiger partial charge on any atom is -0.366 e. The summed E-state index contributed by atoms with van der Waals surface area (Å²) in [6.07, 6.45) is 0. The van der Waals surface area contributed by atoms with E-state index in [1.807, 2.05) is 60.7 Å². The van der Waals surface area contributed by atoms with Crippen molar-refractivity contribution in [3.8, 4) is 0 Å². The lowest BCUT2D eigenvalue weighted by molar-refractivity contribution is -0.110. The molecule has 4 aromatic carbocycles. The molecule has 0 spiro atoms. The Bertz CT molecular complexity index is 1510. The van der Waals surface area contributed by atoms with Crippen LogP contribution in [0.4, 0.5) is 11.4 Å². The van der Waals surface area contributed by atoms with Gasteiger partial charge < -0.3 is 21.7 Å². The van der Waals surface area contributed by atoms with E-state index in [1.54, 1.807) is 42.5 Å². The highest BCUT2D eigenvalue weighted by molar-refractivity contribution is 6.37. The van der Waals surface area contributed by atoms with Gasteiger partial charge in [-0.15, -0.1) is 0 Å². The van der Waals surface area contributed by atoms with Crippen molar-refractivity contribution in [3.63, 3.8) is 0 Å². The molecular weight excluding hydrogens is 464 g/mol. The molecule has 5 rings (SSSR count). The van der Waals surface area contributed by atoms with Gasteiger partial charge in [0.2, 0.25) is 5.91 Å². The van der Waals surface area contributed by atoms with E-state index in [-0.39, 0.29) is 11.8 Å². The fourth-order valence-corrected chi connectivity index (χ4v) is 4.19. The number of anilines is 2. The van der Waals surface area contributed by atoms with Gasteiger partial charge >= 0.3 is 0 Å². The van der Waals surface area contributed by atoms with E-state index in [1.165, 1.54) is 0 Å². The van der Waals surface area contributed by atoms with Crippen LogP contribution in [0.5, 0.6) is 0 Å². The molecule has 182 valence electrons. The van der Waals surface area contributed by atoms with Gasteiger partial charge in [0.1, 0.15) is 0 Å². The Hall–Kier alpha value is -5.17. The lowest BCUT2D eigenvalue weighted by Crippen LogP contribution is -2.22. The van der Waals surface area contributed by atoms with Gasteiger partial charge in [0.05, 0.1) is 11.3 Å². The molecule has 4 aromatic rings. The minimum absolute atomic E-state index is 0.175. The standard InChI is InChI=1S/C30H24N4O3/c31-28(35)22-13-16-24-25(17-22)34-30(37)26(24)27(20-9-5-2-6-10-20)33-23-14-11-21(12-15-23)29(36)32-18-19-7-3-1-4-8-19/h1-17,33H,18H2,(H2,31,35)(H,32,36)(H,34,37). The van der Waals surface area contributed by atoms with Crippen molar-refractivity contribution in [1.82, 2.24) is 5.32 Å². The molecule has 3 amide bonds. The van der Waals surface area contributed by atoms with Crippen LogP contribution in [0.1, 0.15) is 37.4 Å². The third-order valence-electron chi connectivity index (χ3n) is 6.07. The van der Waals surface area contributed by atoms with E-state index in [0.717, 1.165) is 11.1 Å². The Morgan fingerprint density at radius 1 is 0.757 bits per heavy atom. The first-order chi connectivity index (χ1) is 18.0. The summed E-state index contributed by atoms with van der Waals surface area (Å²) in [6, 6.07) is 31.2. The summed E-state index contributed by atoms with van der Waals surface area (Å²) in [7, 11) is 0. The van der Waals surface area contributed by atoms with Gasteiger partial charge in [-0.05, 0) is 47.5 Å². The molecule has 0 atom stereocenters. The number of amides is 3. The number of hydrogen-bond donors (Lipinski definition) is 4. The third-order valence-corrected chi connectivity index (χ3v) is 6.07. The number of nitrogens with two attached hydrogens (primary N) is 1. The number of hydrogen-bond acceptors (Lipinski definition) is 4. The van der Waals surface area contributed by atoms with Crippen molar-refractivity contribution in [1.29, 1.82) is 0 Å². The third kappa shape index (κ3) is 5.11. The van der Waals surface area contributed by atoms with Crippen molar-refractivity contribution >= 4 is 40.4 Å². The molecular formula is C30H24N4O3. The van der Waals surface area contributed by atoms with Gasteiger partial charge in [-0.3, -0.25) is 14.4 Å². The maximum atomic E-state index is 13.1. The number of rotatable bonds is 7. The normalized spacial score (nSPS) is 13.4. The molecule has 1 heterocycles. The summed E-state index contributed by atoms with van der Waals surface area (Å²) in [5.74, 6) is -1.03. The lowest BCUT2D eigenvalue weighted by Gasteiger charge is -2.15. The number of nitrogens with one attached hydrogen (secondary N) is 3. The Balaban J connectivity index is 1.43. The highest BCUT2D eigenvalue weighted by atomic mass is 16.2. The Morgan fingerprint density at radius 3 is 2.08 bits per heavy atom. The number of fused-ring (bicyclic) bond motifs is 1. The zero-order chi connectivity index (χ0) is 25.8. The van der Waals surface area contributed by atoms with Crippen LogP contribution in [-0.2, 0) is 11.3 Å². The number of benzene rings is 4. The highest BCUT2D eigenvalue weighted by Gasteiger charge is 2.29. The van der Waals surface area contributed by atoms with Gasteiger partial charge in [-0.2, -0.15) is 0 Å². The molecule has 0 saturated heterocycles. The summed E-state index contributed by atoms with van der Waals surface area (Å²) >= 11 is 0. The molecule has 0 aromatic heterocycles. The Morgan fingerprint density at radius 2 is 1.41 bits per heavy atom.